The number of aliphatic hydroxyl groups is 2. The molecule has 0 spiro atoms. The van der Waals surface area contributed by atoms with Crippen LogP contribution >= 0.6 is 0 Å². The number of carbonyl (C=O) groups excluding carboxylic acids is 9. The van der Waals surface area contributed by atoms with Crippen molar-refractivity contribution >= 4 is 64.6 Å². The second kappa shape index (κ2) is 39.1. The van der Waals surface area contributed by atoms with E-state index >= 15 is 0 Å². The largest absolute Gasteiger partial charge is 0.445 e. The van der Waals surface area contributed by atoms with Crippen molar-refractivity contribution in [2.24, 2.45) is 40.2 Å². The Balaban J connectivity index is 0.625. The summed E-state index contributed by atoms with van der Waals surface area (Å²) >= 11 is 0. The van der Waals surface area contributed by atoms with Gasteiger partial charge in [-0.3, -0.25) is 38.9 Å². The second-order valence-electron chi connectivity index (χ2n) is 29.1. The average Bonchev–Trinajstić information content (AvgIpc) is 1.53. The van der Waals surface area contributed by atoms with Gasteiger partial charge in [-0.15, -0.1) is 0 Å². The van der Waals surface area contributed by atoms with Crippen LogP contribution in [-0.4, -0.2) is 203 Å². The molecule has 2 heterocycles. The van der Waals surface area contributed by atoms with Crippen molar-refractivity contribution < 1.29 is 91.3 Å². The highest BCUT2D eigenvalue weighted by molar-refractivity contribution is 6.01. The fourth-order valence-corrected chi connectivity index (χ4v) is 15.9. The lowest BCUT2D eigenvalue weighted by atomic mass is 9.46. The molecule has 2 aliphatic heterocycles. The Morgan fingerprint density at radius 3 is 2.20 bits per heavy atom. The SMILES string of the molecule is CCCC1O[C@@H]2C[C@H]3[C@@H]4CCC5=CC(=O)C=C[C@]5(C)[C@H]4[C@@H](O)C[C@]3(C)[C@]2(C(=O)COCN(C)C(=O)[C@H](C)NC(=O)OCc2ccc(NC(=O)[C@H](CCCNC(N)=O)NC(=O)[C@@H](NC(=O)CCOCCOCCOCCOCCNC(O)CCC(=O)N3Cc4ccccc4C#Cc4ccccc43)C(C)C)cc2)O1. The van der Waals surface area contributed by atoms with Crippen molar-refractivity contribution in [3.05, 3.63) is 119 Å². The van der Waals surface area contributed by atoms with Crippen molar-refractivity contribution in [2.45, 2.75) is 174 Å². The molecule has 9 rings (SSSR count). The van der Waals surface area contributed by atoms with E-state index in [0.29, 0.717) is 83.1 Å². The van der Waals surface area contributed by atoms with Gasteiger partial charge in [-0.1, -0.05) is 107 Å². The van der Waals surface area contributed by atoms with E-state index in [4.69, 9.17) is 43.6 Å². The molecule has 28 nitrogen and oxygen atoms in total. The fourth-order valence-electron chi connectivity index (χ4n) is 15.9. The van der Waals surface area contributed by atoms with Gasteiger partial charge in [-0.2, -0.15) is 0 Å². The maximum Gasteiger partial charge on any atom is 0.408 e. The standard InChI is InChI=1S/C79H107N9O19/c1-8-14-69-106-65-44-60-59-27-24-56-43-58(89)30-32-77(56,5)70(59)63(90)45-78(60,6)79(65,107-69)64(91)48-104-49-87(7)74(97)51(4)83-76(99)105-47-52-20-25-57(26-21-52)84-72(95)61(18-13-33-82-75(80)98)85-73(96)71(50(2)3)86-67(93)31-35-100-37-39-102-41-42-103-40-38-101-36-34-81-66(92)28-29-68(94)88-46-55-17-10-9-15-53(55)22-23-54-16-11-12-19-62(54)88/h9-12,15-17,19-21,25-26,30,32,43,50-51,59-61,63,65-66,69-71,81,90,92H,8,13-14,18,24,27-29,31,33-42,44-49H2,1-7H3,(H,83,99)(H,84,95)(H,85,96)(H,86,93)(H3,80,82,98)/t51-,59-,60-,61-,63-,65+,66?,69?,70+,71-,77-,78-,79+/m0/s1. The first-order chi connectivity index (χ1) is 51.3. The summed E-state index contributed by atoms with van der Waals surface area (Å²) < 4.78 is 47.1. The number of aliphatic hydroxyl groups excluding tert-OH is 2. The van der Waals surface area contributed by atoms with Gasteiger partial charge in [0.1, 0.15) is 44.3 Å². The molecule has 2 unspecified atom stereocenters. The molecule has 0 bridgehead atoms. The molecule has 4 aliphatic carbocycles. The Labute approximate surface area is 626 Å². The van der Waals surface area contributed by atoms with Gasteiger partial charge < -0.3 is 90.2 Å². The smallest absolute Gasteiger partial charge is 0.408 e. The number of urea groups is 1. The Hall–Kier alpha value is -8.47. The third-order valence-electron chi connectivity index (χ3n) is 21.3. The van der Waals surface area contributed by atoms with E-state index in [0.717, 1.165) is 40.8 Å². The predicted molar refractivity (Wildman–Crippen MR) is 394 cm³/mol. The summed E-state index contributed by atoms with van der Waals surface area (Å²) in [7, 11) is 1.48. The lowest BCUT2D eigenvalue weighted by molar-refractivity contribution is -0.201. The van der Waals surface area contributed by atoms with Crippen LogP contribution in [0.5, 0.6) is 0 Å². The number of hydrogen-bond acceptors (Lipinski definition) is 20. The molecule has 1 saturated heterocycles. The molecular formula is C79H107N9O19. The summed E-state index contributed by atoms with van der Waals surface area (Å²) in [5.74, 6) is 3.24. The van der Waals surface area contributed by atoms with E-state index in [2.05, 4.69) is 50.7 Å². The Morgan fingerprint density at radius 2 is 1.49 bits per heavy atom. The first-order valence-electron chi connectivity index (χ1n) is 37.3. The number of anilines is 2. The number of rotatable bonds is 40. The second-order valence-corrected chi connectivity index (χ2v) is 29.1. The molecule has 28 heteroatoms. The molecule has 6 aliphatic rings. The van der Waals surface area contributed by atoms with Crippen LogP contribution in [0.1, 0.15) is 134 Å². The van der Waals surface area contributed by atoms with E-state index in [1.54, 1.807) is 55.2 Å². The molecular weight excluding hydrogens is 1380 g/mol. The number of ketones is 2. The van der Waals surface area contributed by atoms with Gasteiger partial charge in [0.15, 0.2) is 23.5 Å². The summed E-state index contributed by atoms with van der Waals surface area (Å²) in [5.41, 5.74) is 7.82. The van der Waals surface area contributed by atoms with Gasteiger partial charge in [0.05, 0.1) is 77.3 Å². The highest BCUT2D eigenvalue weighted by Crippen LogP contribution is 2.70. The lowest BCUT2D eigenvalue weighted by Crippen LogP contribution is -2.63. The minimum Gasteiger partial charge on any atom is -0.445 e. The topological polar surface area (TPSA) is 373 Å². The van der Waals surface area contributed by atoms with Crippen molar-refractivity contribution in [2.75, 3.05) is 96.5 Å². The number of primary amides is 1. The first-order valence-corrected chi connectivity index (χ1v) is 37.3. The van der Waals surface area contributed by atoms with Gasteiger partial charge >= 0.3 is 12.1 Å². The predicted octanol–water partition coefficient (Wildman–Crippen LogP) is 5.58. The molecule has 107 heavy (non-hydrogen) atoms. The van der Waals surface area contributed by atoms with Gasteiger partial charge in [0.25, 0.3) is 0 Å². The molecule has 10 N–H and O–H groups in total. The Kier molecular flexibility index (Phi) is 30.1. The van der Waals surface area contributed by atoms with Crippen molar-refractivity contribution in [1.82, 2.24) is 31.5 Å². The van der Waals surface area contributed by atoms with Crippen LogP contribution < -0.4 is 42.5 Å². The van der Waals surface area contributed by atoms with Crippen molar-refractivity contribution in [3.8, 4) is 11.8 Å². The third kappa shape index (κ3) is 21.3. The van der Waals surface area contributed by atoms with E-state index in [-0.39, 0.29) is 113 Å². The highest BCUT2D eigenvalue weighted by atomic mass is 16.7. The highest BCUT2D eigenvalue weighted by Gasteiger charge is 2.76. The maximum atomic E-state index is 14.7. The van der Waals surface area contributed by atoms with Gasteiger partial charge in [-0.25, -0.2) is 9.59 Å². The molecule has 0 aromatic heterocycles. The van der Waals surface area contributed by atoms with Crippen molar-refractivity contribution in [1.29, 1.82) is 0 Å². The fraction of sp³-hybridized carbons (Fsp3) is 0.582. The monoisotopic (exact) mass is 1490 g/mol. The number of benzene rings is 3. The summed E-state index contributed by atoms with van der Waals surface area (Å²) in [6.07, 6.45) is 5.83. The summed E-state index contributed by atoms with van der Waals surface area (Å²) in [6, 6.07) is 17.7. The summed E-state index contributed by atoms with van der Waals surface area (Å²) in [5, 5.41) is 39.0. The van der Waals surface area contributed by atoms with Crippen LogP contribution in [0, 0.1) is 46.3 Å². The number of Topliss-reactive ketones (excluding diaryl/α,β-unsaturated/α-hetero) is 1. The van der Waals surface area contributed by atoms with Gasteiger partial charge in [0.2, 0.25) is 29.5 Å². The van der Waals surface area contributed by atoms with Gasteiger partial charge in [0, 0.05) is 66.5 Å². The van der Waals surface area contributed by atoms with Crippen LogP contribution in [0.3, 0.4) is 0 Å². The van der Waals surface area contributed by atoms with Crippen LogP contribution in [0.15, 0.2) is 96.6 Å². The van der Waals surface area contributed by atoms with Crippen LogP contribution in [0.4, 0.5) is 21.0 Å². The number of amides is 8. The average molecular weight is 1490 g/mol. The van der Waals surface area contributed by atoms with Gasteiger partial charge in [-0.05, 0) is 130 Å². The Bertz CT molecular complexity index is 3730. The van der Waals surface area contributed by atoms with E-state index < -0.39 is 102 Å². The molecule has 3 saturated carbocycles. The number of para-hydroxylation sites is 1. The lowest BCUT2D eigenvalue weighted by Gasteiger charge is -2.59. The number of ether oxygens (including phenoxy) is 8. The molecule has 8 amide bonds. The number of carbonyl (C=O) groups is 9. The minimum absolute atomic E-state index is 0.0202. The zero-order chi connectivity index (χ0) is 76.8. The normalized spacial score (nSPS) is 24.1. The number of hydrogen-bond donors (Lipinski definition) is 9. The zero-order valence-electron chi connectivity index (χ0n) is 62.5. The molecule has 582 valence electrons. The summed E-state index contributed by atoms with van der Waals surface area (Å²) in [4.78, 5) is 122. The van der Waals surface area contributed by atoms with E-state index in [1.807, 2.05) is 68.5 Å². The van der Waals surface area contributed by atoms with E-state index in [9.17, 15) is 53.4 Å². The third-order valence-corrected chi connectivity index (χ3v) is 21.3. The molecule has 0 radical (unpaired) electrons. The Morgan fingerprint density at radius 1 is 0.804 bits per heavy atom. The quantitative estimate of drug-likeness (QED) is 0.0191. The first kappa shape index (κ1) is 82.6. The molecule has 13 atom stereocenters. The number of alkyl carbamates (subject to hydrolysis) is 1. The van der Waals surface area contributed by atoms with Crippen LogP contribution in [0.2, 0.25) is 0 Å². The molecule has 4 fully saturated rings. The number of nitrogens with zero attached hydrogens (tertiary/aromatic N) is 2. The number of fused-ring (bicyclic) bond motifs is 9. The number of likely N-dealkylation sites (N-methyl/N-ethyl adjacent to an activating group) is 1. The summed E-state index contributed by atoms with van der Waals surface area (Å²) in [6.45, 7) is 13.2. The molecule has 3 aromatic carbocycles. The minimum atomic E-state index is -1.40. The zero-order valence-corrected chi connectivity index (χ0v) is 62.5. The number of allylic oxidation sites excluding steroid dienone is 4. The number of nitrogens with two attached hydrogens (primary N) is 1. The van der Waals surface area contributed by atoms with Crippen LogP contribution in [0.25, 0.3) is 0 Å². The number of nitrogens with one attached hydrogen (secondary N) is 6. The van der Waals surface area contributed by atoms with Crippen LogP contribution in [-0.2, 0) is 84.6 Å². The van der Waals surface area contributed by atoms with E-state index in [1.165, 1.54) is 18.9 Å². The van der Waals surface area contributed by atoms with Crippen molar-refractivity contribution in [3.63, 3.8) is 0 Å². The maximum absolute atomic E-state index is 14.7. The molecule has 3 aromatic rings.